The molecule has 0 saturated carbocycles. The molecule has 2 nitrogen and oxygen atoms in total. The van der Waals surface area contributed by atoms with Crippen LogP contribution in [-0.2, 0) is 4.74 Å². The summed E-state index contributed by atoms with van der Waals surface area (Å²) in [5.41, 5.74) is 0.357. The minimum atomic E-state index is -0.417. The zero-order valence-corrected chi connectivity index (χ0v) is 10.7. The number of hydrogen-bond acceptors (Lipinski definition) is 2. The Labute approximate surface area is 106 Å². The van der Waals surface area contributed by atoms with Crippen molar-refractivity contribution in [2.24, 2.45) is 5.92 Å². The van der Waals surface area contributed by atoms with E-state index in [2.05, 4.69) is 12.2 Å². The summed E-state index contributed by atoms with van der Waals surface area (Å²) in [6.45, 7) is 5.40. The molecule has 1 heterocycles. The predicted octanol–water partition coefficient (Wildman–Crippen LogP) is 3.04. The van der Waals surface area contributed by atoms with E-state index in [0.717, 1.165) is 12.5 Å². The van der Waals surface area contributed by atoms with Gasteiger partial charge in [0.2, 0.25) is 0 Å². The van der Waals surface area contributed by atoms with Gasteiger partial charge in [0, 0.05) is 12.2 Å². The lowest BCUT2D eigenvalue weighted by Gasteiger charge is -2.27. The van der Waals surface area contributed by atoms with Gasteiger partial charge in [-0.25, -0.2) is 8.78 Å². The zero-order valence-electron chi connectivity index (χ0n) is 10.7. The molecule has 4 heteroatoms. The molecule has 18 heavy (non-hydrogen) atoms. The van der Waals surface area contributed by atoms with Gasteiger partial charge in [-0.3, -0.25) is 0 Å². The van der Waals surface area contributed by atoms with E-state index in [-0.39, 0.29) is 18.0 Å². The first-order valence-electron chi connectivity index (χ1n) is 6.43. The highest BCUT2D eigenvalue weighted by molar-refractivity contribution is 5.24. The molecular formula is C14H19F2NO. The predicted molar refractivity (Wildman–Crippen MR) is 66.3 cm³/mol. The number of halogens is 2. The molecule has 1 aromatic carbocycles. The lowest BCUT2D eigenvalue weighted by molar-refractivity contribution is 0.0600. The van der Waals surface area contributed by atoms with Crippen LogP contribution in [0.25, 0.3) is 0 Å². The van der Waals surface area contributed by atoms with Gasteiger partial charge in [0.05, 0.1) is 12.1 Å². The number of rotatable bonds is 4. The Kier molecular flexibility index (Phi) is 4.30. The van der Waals surface area contributed by atoms with Crippen molar-refractivity contribution in [1.82, 2.24) is 5.32 Å². The molecule has 0 amide bonds. The van der Waals surface area contributed by atoms with Gasteiger partial charge in [0.1, 0.15) is 11.6 Å². The number of ether oxygens (including phenoxy) is 1. The summed E-state index contributed by atoms with van der Waals surface area (Å²) in [7, 11) is 0. The smallest absolute Gasteiger partial charge is 0.128 e. The first-order valence-corrected chi connectivity index (χ1v) is 6.43. The van der Waals surface area contributed by atoms with Gasteiger partial charge in [-0.2, -0.15) is 0 Å². The molecule has 1 saturated heterocycles. The van der Waals surface area contributed by atoms with Crippen molar-refractivity contribution in [3.05, 3.63) is 35.4 Å². The molecule has 2 rings (SSSR count). The highest BCUT2D eigenvalue weighted by Gasteiger charge is 2.34. The number of likely N-dealkylation sites (N-methyl/N-ethyl adjacent to an activating group) is 1. The molecule has 0 aliphatic carbocycles. The van der Waals surface area contributed by atoms with Gasteiger partial charge < -0.3 is 10.1 Å². The van der Waals surface area contributed by atoms with E-state index in [1.165, 1.54) is 12.1 Å². The summed E-state index contributed by atoms with van der Waals surface area (Å²) in [6.07, 6.45) is 0.866. The van der Waals surface area contributed by atoms with Crippen LogP contribution in [0.1, 0.15) is 31.9 Å². The van der Waals surface area contributed by atoms with Crippen LogP contribution in [0.5, 0.6) is 0 Å². The fourth-order valence-corrected chi connectivity index (χ4v) is 2.52. The van der Waals surface area contributed by atoms with Crippen LogP contribution in [0, 0.1) is 17.6 Å². The van der Waals surface area contributed by atoms with Crippen molar-refractivity contribution in [3.8, 4) is 0 Å². The second kappa shape index (κ2) is 5.76. The molecular weight excluding hydrogens is 236 g/mol. The molecule has 1 aliphatic heterocycles. The van der Waals surface area contributed by atoms with Crippen molar-refractivity contribution in [3.63, 3.8) is 0 Å². The Bertz CT molecular complexity index is 411. The average molecular weight is 255 g/mol. The second-order valence-corrected chi connectivity index (χ2v) is 4.80. The van der Waals surface area contributed by atoms with Crippen molar-refractivity contribution >= 4 is 0 Å². The molecule has 3 atom stereocenters. The van der Waals surface area contributed by atoms with E-state index in [4.69, 9.17) is 4.74 Å². The normalized spacial score (nSPS) is 25.3. The summed E-state index contributed by atoms with van der Waals surface area (Å²) in [5, 5.41) is 3.21. The van der Waals surface area contributed by atoms with Gasteiger partial charge in [-0.1, -0.05) is 13.8 Å². The SMILES string of the molecule is CCNC(c1cc(F)ccc1F)C1OCCC1C. The van der Waals surface area contributed by atoms with Gasteiger partial charge in [0.15, 0.2) is 0 Å². The quantitative estimate of drug-likeness (QED) is 0.893. The van der Waals surface area contributed by atoms with Crippen LogP contribution in [0.2, 0.25) is 0 Å². The fraction of sp³-hybridized carbons (Fsp3) is 0.571. The summed E-state index contributed by atoms with van der Waals surface area (Å²) in [4.78, 5) is 0. The average Bonchev–Trinajstić information content (AvgIpc) is 2.76. The lowest BCUT2D eigenvalue weighted by atomic mass is 9.92. The summed E-state index contributed by atoms with van der Waals surface area (Å²) < 4.78 is 32.8. The standard InChI is InChI=1S/C14H19F2NO/c1-3-17-13(14-9(2)6-7-18-14)11-8-10(15)4-5-12(11)16/h4-5,8-9,13-14,17H,3,6-7H2,1-2H3. The van der Waals surface area contributed by atoms with E-state index < -0.39 is 5.82 Å². The number of nitrogens with one attached hydrogen (secondary N) is 1. The topological polar surface area (TPSA) is 21.3 Å². The van der Waals surface area contributed by atoms with Gasteiger partial charge in [0.25, 0.3) is 0 Å². The monoisotopic (exact) mass is 255 g/mol. The molecule has 1 N–H and O–H groups in total. The first-order chi connectivity index (χ1) is 8.63. The maximum absolute atomic E-state index is 13.9. The van der Waals surface area contributed by atoms with Gasteiger partial charge in [-0.05, 0) is 37.1 Å². The lowest BCUT2D eigenvalue weighted by Crippen LogP contribution is -2.35. The van der Waals surface area contributed by atoms with Crippen molar-refractivity contribution in [2.75, 3.05) is 13.2 Å². The van der Waals surface area contributed by atoms with E-state index in [1.807, 2.05) is 6.92 Å². The third kappa shape index (κ3) is 2.70. The third-order valence-corrected chi connectivity index (χ3v) is 3.49. The molecule has 3 unspecified atom stereocenters. The molecule has 1 aliphatic rings. The van der Waals surface area contributed by atoms with E-state index in [9.17, 15) is 8.78 Å². The zero-order chi connectivity index (χ0) is 13.1. The summed E-state index contributed by atoms with van der Waals surface area (Å²) >= 11 is 0. The van der Waals surface area contributed by atoms with Crippen LogP contribution in [0.15, 0.2) is 18.2 Å². The largest absolute Gasteiger partial charge is 0.376 e. The Balaban J connectivity index is 2.31. The van der Waals surface area contributed by atoms with Crippen molar-refractivity contribution in [1.29, 1.82) is 0 Å². The Morgan fingerprint density at radius 1 is 1.44 bits per heavy atom. The maximum Gasteiger partial charge on any atom is 0.128 e. The molecule has 0 aromatic heterocycles. The molecule has 0 radical (unpaired) electrons. The number of benzene rings is 1. The van der Waals surface area contributed by atoms with E-state index >= 15 is 0 Å². The molecule has 1 fully saturated rings. The molecule has 1 aromatic rings. The molecule has 0 spiro atoms. The Morgan fingerprint density at radius 2 is 2.22 bits per heavy atom. The van der Waals surface area contributed by atoms with Gasteiger partial charge >= 0.3 is 0 Å². The summed E-state index contributed by atoms with van der Waals surface area (Å²) in [5.74, 6) is -0.457. The fourth-order valence-electron chi connectivity index (χ4n) is 2.52. The van der Waals surface area contributed by atoms with Crippen LogP contribution >= 0.6 is 0 Å². The second-order valence-electron chi connectivity index (χ2n) is 4.80. The highest BCUT2D eigenvalue weighted by atomic mass is 19.1. The van der Waals surface area contributed by atoms with Crippen LogP contribution in [0.3, 0.4) is 0 Å². The number of hydrogen-bond donors (Lipinski definition) is 1. The Morgan fingerprint density at radius 3 is 2.83 bits per heavy atom. The van der Waals surface area contributed by atoms with Crippen molar-refractivity contribution in [2.45, 2.75) is 32.4 Å². The van der Waals surface area contributed by atoms with Crippen LogP contribution < -0.4 is 5.32 Å². The molecule has 100 valence electrons. The van der Waals surface area contributed by atoms with Crippen molar-refractivity contribution < 1.29 is 13.5 Å². The maximum atomic E-state index is 13.9. The van der Waals surface area contributed by atoms with E-state index in [0.29, 0.717) is 24.6 Å². The highest BCUT2D eigenvalue weighted by Crippen LogP contribution is 2.32. The summed E-state index contributed by atoms with van der Waals surface area (Å²) in [6, 6.07) is 3.29. The minimum Gasteiger partial charge on any atom is -0.376 e. The third-order valence-electron chi connectivity index (χ3n) is 3.49. The Hall–Kier alpha value is -1.00. The molecule has 0 bridgehead atoms. The van der Waals surface area contributed by atoms with Crippen LogP contribution in [-0.4, -0.2) is 19.3 Å². The van der Waals surface area contributed by atoms with E-state index in [1.54, 1.807) is 0 Å². The first kappa shape index (κ1) is 13.4. The van der Waals surface area contributed by atoms with Gasteiger partial charge in [-0.15, -0.1) is 0 Å². The van der Waals surface area contributed by atoms with Crippen LogP contribution in [0.4, 0.5) is 8.78 Å². The minimum absolute atomic E-state index is 0.0961.